The van der Waals surface area contributed by atoms with E-state index in [2.05, 4.69) is 33.8 Å². The Morgan fingerprint density at radius 2 is 1.57 bits per heavy atom. The maximum Gasteiger partial charge on any atom is 0.303 e. The van der Waals surface area contributed by atoms with Crippen LogP contribution in [0.2, 0.25) is 0 Å². The van der Waals surface area contributed by atoms with E-state index in [1.807, 2.05) is 13.8 Å². The topological polar surface area (TPSA) is 134 Å². The van der Waals surface area contributed by atoms with Crippen molar-refractivity contribution in [3.8, 4) is 0 Å². The predicted octanol–water partition coefficient (Wildman–Crippen LogP) is 4.17. The van der Waals surface area contributed by atoms with Gasteiger partial charge in [-0.3, -0.25) is 9.59 Å². The lowest BCUT2D eigenvalue weighted by atomic mass is 9.33. The number of ether oxygens (including phenoxy) is 2. The van der Waals surface area contributed by atoms with Gasteiger partial charge in [0, 0.05) is 19.3 Å². The molecule has 0 amide bonds. The lowest BCUT2D eigenvalue weighted by Gasteiger charge is -2.72. The van der Waals surface area contributed by atoms with Crippen molar-refractivity contribution in [3.05, 3.63) is 11.6 Å². The summed E-state index contributed by atoms with van der Waals surface area (Å²) in [5.41, 5.74) is -1.76. The minimum Gasteiger partial charge on any atom is -0.465 e. The van der Waals surface area contributed by atoms with Crippen LogP contribution in [-0.4, -0.2) is 70.0 Å². The van der Waals surface area contributed by atoms with Gasteiger partial charge in [-0.15, -0.1) is 0 Å². The van der Waals surface area contributed by atoms with Crippen molar-refractivity contribution < 1.29 is 39.5 Å². The highest BCUT2D eigenvalue weighted by Gasteiger charge is 2.73. The van der Waals surface area contributed by atoms with Gasteiger partial charge in [-0.1, -0.05) is 53.2 Å². The van der Waals surface area contributed by atoms with Gasteiger partial charge in [0.05, 0.1) is 36.9 Å². The molecule has 0 heterocycles. The van der Waals surface area contributed by atoms with E-state index in [9.17, 15) is 30.0 Å². The molecule has 238 valence electrons. The summed E-state index contributed by atoms with van der Waals surface area (Å²) >= 11 is 0. The Balaban J connectivity index is 1.60. The fourth-order valence-corrected chi connectivity index (χ4v) is 11.5. The maximum atomic E-state index is 12.3. The smallest absolute Gasteiger partial charge is 0.303 e. The number of hydrogen-bond acceptors (Lipinski definition) is 8. The molecule has 0 aromatic carbocycles. The molecule has 4 N–H and O–H groups in total. The minimum atomic E-state index is -1.19. The summed E-state index contributed by atoms with van der Waals surface area (Å²) < 4.78 is 11.3. The van der Waals surface area contributed by atoms with Crippen LogP contribution in [0.15, 0.2) is 11.6 Å². The Labute approximate surface area is 251 Å². The molecule has 5 rings (SSSR count). The second kappa shape index (κ2) is 10.0. The average Bonchev–Trinajstić information content (AvgIpc) is 2.88. The van der Waals surface area contributed by atoms with Crippen LogP contribution in [0, 0.1) is 50.2 Å². The SMILES string of the molecule is CC(=O)OC[C@]1(C)C2CC[C@]3(C)C(CC=C4C5CC(C)(C)[C@@H](O)[C@H](OC(C)=O)[C@]5(CO)[C@H](O)C[C@]43C)[C@@]2(C)CC[C@@H]1O. The lowest BCUT2D eigenvalue weighted by Crippen LogP contribution is -2.72. The monoisotopic (exact) mass is 590 g/mol. The third-order valence-corrected chi connectivity index (χ3v) is 14.0. The summed E-state index contributed by atoms with van der Waals surface area (Å²) in [6.07, 6.45) is 3.93. The molecular formula is C34H54O8. The number of esters is 2. The van der Waals surface area contributed by atoms with Crippen LogP contribution >= 0.6 is 0 Å². The van der Waals surface area contributed by atoms with Gasteiger partial charge in [0.25, 0.3) is 0 Å². The average molecular weight is 591 g/mol. The molecule has 0 radical (unpaired) electrons. The van der Waals surface area contributed by atoms with Crippen LogP contribution in [0.1, 0.15) is 100 Å². The van der Waals surface area contributed by atoms with Crippen LogP contribution < -0.4 is 0 Å². The first kappa shape index (κ1) is 31.9. The zero-order valence-corrected chi connectivity index (χ0v) is 26.9. The lowest BCUT2D eigenvalue weighted by molar-refractivity contribution is -0.264. The number of carbonyl (C=O) groups is 2. The fraction of sp³-hybridized carbons (Fsp3) is 0.882. The molecule has 3 unspecified atom stereocenters. The highest BCUT2D eigenvalue weighted by atomic mass is 16.6. The van der Waals surface area contributed by atoms with E-state index >= 15 is 0 Å². The van der Waals surface area contributed by atoms with E-state index in [1.54, 1.807) is 0 Å². The molecule has 4 fully saturated rings. The molecule has 8 nitrogen and oxygen atoms in total. The zero-order valence-electron chi connectivity index (χ0n) is 26.9. The normalized spacial score (nSPS) is 51.1. The summed E-state index contributed by atoms with van der Waals surface area (Å²) in [5, 5.41) is 45.8. The molecular weight excluding hydrogens is 536 g/mol. The van der Waals surface area contributed by atoms with Crippen molar-refractivity contribution in [3.63, 3.8) is 0 Å². The van der Waals surface area contributed by atoms with Crippen molar-refractivity contribution >= 4 is 11.9 Å². The molecule has 12 atom stereocenters. The van der Waals surface area contributed by atoms with E-state index in [0.29, 0.717) is 19.3 Å². The summed E-state index contributed by atoms with van der Waals surface area (Å²) in [7, 11) is 0. The molecule has 42 heavy (non-hydrogen) atoms. The Morgan fingerprint density at radius 3 is 2.17 bits per heavy atom. The van der Waals surface area contributed by atoms with Gasteiger partial charge in [0.1, 0.15) is 6.10 Å². The molecule has 0 aromatic heterocycles. The van der Waals surface area contributed by atoms with Crippen molar-refractivity contribution in [1.29, 1.82) is 0 Å². The van der Waals surface area contributed by atoms with Crippen molar-refractivity contribution in [1.82, 2.24) is 0 Å². The Morgan fingerprint density at radius 1 is 0.905 bits per heavy atom. The van der Waals surface area contributed by atoms with Crippen LogP contribution in [0.5, 0.6) is 0 Å². The van der Waals surface area contributed by atoms with E-state index < -0.39 is 46.6 Å². The van der Waals surface area contributed by atoms with Gasteiger partial charge in [0.2, 0.25) is 0 Å². The van der Waals surface area contributed by atoms with Crippen LogP contribution in [0.3, 0.4) is 0 Å². The summed E-state index contributed by atoms with van der Waals surface area (Å²) in [5.74, 6) is -0.667. The molecule has 8 heteroatoms. The molecule has 5 aliphatic rings. The third-order valence-electron chi connectivity index (χ3n) is 14.0. The number of hydrogen-bond donors (Lipinski definition) is 4. The molecule has 4 saturated carbocycles. The maximum absolute atomic E-state index is 12.3. The van der Waals surface area contributed by atoms with E-state index in [4.69, 9.17) is 9.47 Å². The number of aliphatic hydroxyl groups excluding tert-OH is 4. The highest BCUT2D eigenvalue weighted by Crippen LogP contribution is 2.75. The van der Waals surface area contributed by atoms with Gasteiger partial charge in [-0.05, 0) is 84.4 Å². The Hall–Kier alpha value is -1.48. The Bertz CT molecular complexity index is 1150. The Kier molecular flexibility index (Phi) is 7.61. The molecule has 0 saturated heterocycles. The second-order valence-electron chi connectivity index (χ2n) is 16.3. The molecule has 0 bridgehead atoms. The highest BCUT2D eigenvalue weighted by molar-refractivity contribution is 5.66. The standard InChI is InChI=1S/C34H54O8/c1-19(36)41-18-31(6)23-11-14-32(7)24(30(23,5)13-12-25(31)38)10-9-21-22-15-29(3,4)27(40)28(42-20(2)37)34(22,17-35)26(39)16-33(21,32)8/h9,22-28,35,38-40H,10-18H2,1-8H3/t22?,23?,24?,25-,26+,27-,28-,30-,31+,32+,33+,34-/m0/s1. The van der Waals surface area contributed by atoms with Crippen molar-refractivity contribution in [2.24, 2.45) is 50.2 Å². The molecule has 5 aliphatic carbocycles. The van der Waals surface area contributed by atoms with Crippen molar-refractivity contribution in [2.75, 3.05) is 13.2 Å². The van der Waals surface area contributed by atoms with Crippen LogP contribution in [0.25, 0.3) is 0 Å². The van der Waals surface area contributed by atoms with Gasteiger partial charge in [-0.25, -0.2) is 0 Å². The molecule has 0 aliphatic heterocycles. The van der Waals surface area contributed by atoms with Gasteiger partial charge >= 0.3 is 11.9 Å². The summed E-state index contributed by atoms with van der Waals surface area (Å²) in [6, 6.07) is 0. The first-order valence-electron chi connectivity index (χ1n) is 16.0. The van der Waals surface area contributed by atoms with Gasteiger partial charge in [-0.2, -0.15) is 0 Å². The van der Waals surface area contributed by atoms with Crippen LogP contribution in [-0.2, 0) is 19.1 Å². The van der Waals surface area contributed by atoms with Gasteiger partial charge in [0.15, 0.2) is 0 Å². The van der Waals surface area contributed by atoms with E-state index in [-0.39, 0.29) is 53.2 Å². The van der Waals surface area contributed by atoms with Crippen LogP contribution in [0.4, 0.5) is 0 Å². The number of fused-ring (bicyclic) bond motifs is 7. The quantitative estimate of drug-likeness (QED) is 0.283. The van der Waals surface area contributed by atoms with Gasteiger partial charge < -0.3 is 29.9 Å². The number of carbonyl (C=O) groups excluding carboxylic acids is 2. The van der Waals surface area contributed by atoms with E-state index in [0.717, 1.165) is 25.7 Å². The number of allylic oxidation sites excluding steroid dienone is 2. The predicted molar refractivity (Wildman–Crippen MR) is 157 cm³/mol. The molecule has 0 aromatic rings. The fourth-order valence-electron chi connectivity index (χ4n) is 11.5. The third kappa shape index (κ3) is 4.06. The number of aliphatic hydroxyl groups is 4. The molecule has 0 spiro atoms. The second-order valence-corrected chi connectivity index (χ2v) is 16.3. The zero-order chi connectivity index (χ0) is 31.3. The first-order valence-corrected chi connectivity index (χ1v) is 16.0. The summed E-state index contributed by atoms with van der Waals surface area (Å²) in [4.78, 5) is 24.1. The first-order chi connectivity index (χ1) is 19.3. The largest absolute Gasteiger partial charge is 0.465 e. The summed E-state index contributed by atoms with van der Waals surface area (Å²) in [6.45, 7) is 15.6. The minimum absolute atomic E-state index is 0.106. The number of rotatable bonds is 4. The van der Waals surface area contributed by atoms with E-state index in [1.165, 1.54) is 19.4 Å². The van der Waals surface area contributed by atoms with Crippen molar-refractivity contribution in [2.45, 2.75) is 125 Å².